The Morgan fingerprint density at radius 1 is 1.03 bits per heavy atom. The molecule has 0 saturated heterocycles. The number of carbonyl (C=O) groups excluding carboxylic acids is 1. The molecule has 0 fully saturated rings. The van der Waals surface area contributed by atoms with E-state index in [-0.39, 0.29) is 11.2 Å². The molecule has 0 heterocycles. The highest BCUT2D eigenvalue weighted by Crippen LogP contribution is 2.29. The lowest BCUT2D eigenvalue weighted by Crippen LogP contribution is -2.23. The van der Waals surface area contributed by atoms with Crippen LogP contribution in [-0.2, 0) is 12.0 Å². The van der Waals surface area contributed by atoms with E-state index >= 15 is 0 Å². The van der Waals surface area contributed by atoms with Crippen LogP contribution in [0, 0.1) is 0 Å². The number of carbonyl (C=O) groups is 1. The summed E-state index contributed by atoms with van der Waals surface area (Å²) in [4.78, 5) is 17.6. The van der Waals surface area contributed by atoms with E-state index < -0.39 is 0 Å². The Balaban J connectivity index is 2.32. The molecule has 2 aromatic carbocycles. The Hall–Kier alpha value is -2.43. The van der Waals surface area contributed by atoms with Crippen molar-refractivity contribution in [1.29, 1.82) is 0 Å². The van der Waals surface area contributed by atoms with Crippen LogP contribution in [0.5, 0.6) is 5.75 Å². The number of hydrogen-bond donors (Lipinski definition) is 0. The van der Waals surface area contributed by atoms with Gasteiger partial charge in [0.2, 0.25) is 0 Å². The summed E-state index contributed by atoms with van der Waals surface area (Å²) in [6, 6.07) is 14.2. The lowest BCUT2D eigenvalue weighted by Gasteiger charge is -2.21. The summed E-state index contributed by atoms with van der Waals surface area (Å²) in [5.41, 5.74) is 4.00. The molecule has 0 unspecified atom stereocenters. The van der Waals surface area contributed by atoms with Gasteiger partial charge in [-0.05, 0) is 68.0 Å². The Bertz CT molecular complexity index is 906. The van der Waals surface area contributed by atoms with Gasteiger partial charge >= 0.3 is 0 Å². The minimum atomic E-state index is 0.0190. The Morgan fingerprint density at radius 2 is 1.72 bits per heavy atom. The lowest BCUT2D eigenvalue weighted by molar-refractivity contribution is 0.104. The van der Waals surface area contributed by atoms with Gasteiger partial charge in [0.1, 0.15) is 12.4 Å². The fourth-order valence-corrected chi connectivity index (χ4v) is 3.46. The molecule has 0 atom stereocenters. The van der Waals surface area contributed by atoms with Crippen LogP contribution < -0.4 is 4.74 Å². The molecule has 2 aromatic rings. The summed E-state index contributed by atoms with van der Waals surface area (Å²) >= 11 is 0. The standard InChI is InChI=1S/C28H40N2O2/c1-8-30(9-2)21-23-12-10-11-13-25(23)26(31)16-14-22-20-24(28(3,4)5)15-17-27(22)32-19-18-29(6)7/h10-17,20H,8-9,18-19,21H2,1-7H3. The first kappa shape index (κ1) is 25.8. The minimum Gasteiger partial charge on any atom is -0.492 e. The van der Waals surface area contributed by atoms with E-state index in [0.717, 1.165) is 48.6 Å². The quantitative estimate of drug-likeness (QED) is 0.336. The van der Waals surface area contributed by atoms with Gasteiger partial charge in [-0.15, -0.1) is 0 Å². The van der Waals surface area contributed by atoms with Gasteiger partial charge in [-0.2, -0.15) is 0 Å². The highest BCUT2D eigenvalue weighted by molar-refractivity contribution is 6.07. The van der Waals surface area contributed by atoms with Gasteiger partial charge in [-0.25, -0.2) is 0 Å². The van der Waals surface area contributed by atoms with Crippen LogP contribution in [0.4, 0.5) is 0 Å². The van der Waals surface area contributed by atoms with Gasteiger partial charge in [0.15, 0.2) is 5.78 Å². The molecule has 0 aliphatic carbocycles. The molecule has 32 heavy (non-hydrogen) atoms. The van der Waals surface area contributed by atoms with Crippen molar-refractivity contribution < 1.29 is 9.53 Å². The minimum absolute atomic E-state index is 0.0190. The second-order valence-corrected chi connectivity index (χ2v) is 9.47. The van der Waals surface area contributed by atoms with Crippen molar-refractivity contribution >= 4 is 11.9 Å². The molecule has 4 nitrogen and oxygen atoms in total. The van der Waals surface area contributed by atoms with Gasteiger partial charge in [0.05, 0.1) is 0 Å². The monoisotopic (exact) mass is 436 g/mol. The van der Waals surface area contributed by atoms with Gasteiger partial charge in [0, 0.05) is 24.2 Å². The topological polar surface area (TPSA) is 32.8 Å². The van der Waals surface area contributed by atoms with Crippen molar-refractivity contribution in [2.24, 2.45) is 0 Å². The second kappa shape index (κ2) is 12.0. The molecule has 0 saturated carbocycles. The van der Waals surface area contributed by atoms with Crippen LogP contribution in [-0.4, -0.2) is 55.9 Å². The van der Waals surface area contributed by atoms with E-state index in [1.165, 1.54) is 5.56 Å². The highest BCUT2D eigenvalue weighted by Gasteiger charge is 2.16. The fourth-order valence-electron chi connectivity index (χ4n) is 3.46. The summed E-state index contributed by atoms with van der Waals surface area (Å²) < 4.78 is 6.05. The second-order valence-electron chi connectivity index (χ2n) is 9.47. The van der Waals surface area contributed by atoms with Crippen molar-refractivity contribution in [3.63, 3.8) is 0 Å². The third kappa shape index (κ3) is 7.61. The predicted molar refractivity (Wildman–Crippen MR) is 136 cm³/mol. The van der Waals surface area contributed by atoms with E-state index in [0.29, 0.717) is 6.61 Å². The highest BCUT2D eigenvalue weighted by atomic mass is 16.5. The van der Waals surface area contributed by atoms with E-state index in [1.54, 1.807) is 6.08 Å². The Labute approximate surface area is 194 Å². The summed E-state index contributed by atoms with van der Waals surface area (Å²) in [5.74, 6) is 0.827. The van der Waals surface area contributed by atoms with Crippen LogP contribution in [0.15, 0.2) is 48.5 Å². The van der Waals surface area contributed by atoms with E-state index in [9.17, 15) is 4.79 Å². The normalized spacial score (nSPS) is 12.2. The molecule has 0 bridgehead atoms. The first-order chi connectivity index (χ1) is 15.2. The Kier molecular flexibility index (Phi) is 9.67. The first-order valence-electron chi connectivity index (χ1n) is 11.6. The van der Waals surface area contributed by atoms with Gasteiger partial charge in [-0.3, -0.25) is 9.69 Å². The van der Waals surface area contributed by atoms with Crippen LogP contribution >= 0.6 is 0 Å². The maximum Gasteiger partial charge on any atom is 0.186 e. The number of ketones is 1. The molecular formula is C28H40N2O2. The van der Waals surface area contributed by atoms with Gasteiger partial charge in [-0.1, -0.05) is 65.0 Å². The summed E-state index contributed by atoms with van der Waals surface area (Å²) in [7, 11) is 4.06. The number of ether oxygens (including phenoxy) is 1. The van der Waals surface area contributed by atoms with Crippen molar-refractivity contribution in [1.82, 2.24) is 9.80 Å². The van der Waals surface area contributed by atoms with E-state index in [1.807, 2.05) is 44.4 Å². The van der Waals surface area contributed by atoms with Crippen molar-refractivity contribution in [2.75, 3.05) is 40.3 Å². The summed E-state index contributed by atoms with van der Waals surface area (Å²) in [5, 5.41) is 0. The van der Waals surface area contributed by atoms with Gasteiger partial charge < -0.3 is 9.64 Å². The van der Waals surface area contributed by atoms with Crippen molar-refractivity contribution in [3.8, 4) is 5.75 Å². The molecule has 0 N–H and O–H groups in total. The third-order valence-corrected chi connectivity index (χ3v) is 5.66. The van der Waals surface area contributed by atoms with Crippen molar-refractivity contribution in [2.45, 2.75) is 46.6 Å². The van der Waals surface area contributed by atoms with Crippen molar-refractivity contribution in [3.05, 3.63) is 70.8 Å². The summed E-state index contributed by atoms with van der Waals surface area (Å²) in [6.45, 7) is 15.0. The van der Waals surface area contributed by atoms with E-state index in [2.05, 4.69) is 62.6 Å². The first-order valence-corrected chi connectivity index (χ1v) is 11.6. The Morgan fingerprint density at radius 3 is 2.34 bits per heavy atom. The SMILES string of the molecule is CCN(CC)Cc1ccccc1C(=O)C=Cc1cc(C(C)(C)C)ccc1OCCN(C)C. The maximum atomic E-state index is 13.1. The number of allylic oxidation sites excluding steroid dienone is 1. The molecule has 0 aliphatic rings. The molecular weight excluding hydrogens is 396 g/mol. The zero-order valence-corrected chi connectivity index (χ0v) is 20.9. The smallest absolute Gasteiger partial charge is 0.186 e. The largest absolute Gasteiger partial charge is 0.492 e. The van der Waals surface area contributed by atoms with Crippen LogP contribution in [0.25, 0.3) is 6.08 Å². The molecule has 0 aromatic heterocycles. The lowest BCUT2D eigenvalue weighted by atomic mass is 9.86. The maximum absolute atomic E-state index is 13.1. The average molecular weight is 437 g/mol. The zero-order chi connectivity index (χ0) is 23.7. The van der Waals surface area contributed by atoms with Gasteiger partial charge in [0.25, 0.3) is 0 Å². The van der Waals surface area contributed by atoms with Crippen LogP contribution in [0.3, 0.4) is 0 Å². The number of hydrogen-bond acceptors (Lipinski definition) is 4. The zero-order valence-electron chi connectivity index (χ0n) is 20.9. The average Bonchev–Trinajstić information content (AvgIpc) is 2.75. The number of nitrogens with zero attached hydrogens (tertiary/aromatic N) is 2. The number of likely N-dealkylation sites (N-methyl/N-ethyl adjacent to an activating group) is 1. The fraction of sp³-hybridized carbons (Fsp3) is 0.464. The number of benzene rings is 2. The van der Waals surface area contributed by atoms with Crippen LogP contribution in [0.2, 0.25) is 0 Å². The molecule has 0 radical (unpaired) electrons. The molecule has 4 heteroatoms. The third-order valence-electron chi connectivity index (χ3n) is 5.66. The molecule has 0 aliphatic heterocycles. The summed E-state index contributed by atoms with van der Waals surface area (Å²) in [6.07, 6.45) is 3.58. The predicted octanol–water partition coefficient (Wildman–Crippen LogP) is 5.66. The molecule has 174 valence electrons. The molecule has 2 rings (SSSR count). The molecule has 0 spiro atoms. The molecule has 0 amide bonds. The van der Waals surface area contributed by atoms with Crippen LogP contribution in [0.1, 0.15) is 61.7 Å². The van der Waals surface area contributed by atoms with E-state index in [4.69, 9.17) is 4.74 Å². The number of rotatable bonds is 11.